The molecule has 4 fully saturated rings. The number of benzene rings is 1. The van der Waals surface area contributed by atoms with Crippen molar-refractivity contribution < 1.29 is 23.6 Å². The number of carbonyl (C=O) groups is 1. The summed E-state index contributed by atoms with van der Waals surface area (Å²) in [7, 11) is 1.35. The highest BCUT2D eigenvalue weighted by molar-refractivity contribution is 6.47. The quantitative estimate of drug-likeness (QED) is 0.470. The highest BCUT2D eigenvalue weighted by atomic mass is 16.7. The van der Waals surface area contributed by atoms with Crippen molar-refractivity contribution in [3.63, 3.8) is 0 Å². The van der Waals surface area contributed by atoms with Gasteiger partial charge in [-0.25, -0.2) is 4.79 Å². The van der Waals surface area contributed by atoms with Crippen LogP contribution in [0.25, 0.3) is 0 Å². The van der Waals surface area contributed by atoms with Gasteiger partial charge in [0.05, 0.1) is 18.8 Å². The molecule has 1 saturated heterocycles. The molecule has 3 saturated carbocycles. The van der Waals surface area contributed by atoms with Crippen LogP contribution in [-0.4, -0.2) is 37.5 Å². The summed E-state index contributed by atoms with van der Waals surface area (Å²) in [5.74, 6) is 1.62. The van der Waals surface area contributed by atoms with Crippen LogP contribution >= 0.6 is 0 Å². The van der Waals surface area contributed by atoms with Crippen molar-refractivity contribution in [2.75, 3.05) is 7.11 Å². The van der Waals surface area contributed by atoms with Crippen molar-refractivity contribution in [2.45, 2.75) is 90.9 Å². The minimum absolute atomic E-state index is 0.130. The summed E-state index contributed by atoms with van der Waals surface area (Å²) in [5.41, 5.74) is 0.989. The normalized spacial score (nSPS) is 32.1. The monoisotopic (exact) mass is 428 g/mol. The summed E-state index contributed by atoms with van der Waals surface area (Å²) >= 11 is 0. The molecule has 5 nitrogen and oxygen atoms in total. The fourth-order valence-corrected chi connectivity index (χ4v) is 6.07. The molecular formula is C25H37BO5. The summed E-state index contributed by atoms with van der Waals surface area (Å²) in [5, 5.41) is 0. The highest BCUT2D eigenvalue weighted by Gasteiger charge is 2.68. The van der Waals surface area contributed by atoms with E-state index >= 15 is 0 Å². The maximum absolute atomic E-state index is 12.7. The Hall–Kier alpha value is -1.53. The second-order valence-corrected chi connectivity index (χ2v) is 11.5. The van der Waals surface area contributed by atoms with Gasteiger partial charge in [-0.3, -0.25) is 0 Å². The fourth-order valence-electron chi connectivity index (χ4n) is 6.07. The van der Waals surface area contributed by atoms with Crippen LogP contribution in [0.3, 0.4) is 0 Å². The van der Waals surface area contributed by atoms with Gasteiger partial charge in [-0.1, -0.05) is 32.9 Å². The van der Waals surface area contributed by atoms with Gasteiger partial charge in [0.2, 0.25) is 0 Å². The Bertz CT molecular complexity index is 860. The number of esters is 1. The Labute approximate surface area is 187 Å². The molecule has 0 aromatic heterocycles. The number of carbonyl (C=O) groups excluding carboxylic acids is 1. The summed E-state index contributed by atoms with van der Waals surface area (Å²) in [6, 6.07) is 5.65. The van der Waals surface area contributed by atoms with Crippen molar-refractivity contribution in [1.82, 2.24) is 0 Å². The molecule has 0 unspecified atom stereocenters. The molecule has 1 aromatic rings. The summed E-state index contributed by atoms with van der Waals surface area (Å²) < 4.78 is 24.3. The van der Waals surface area contributed by atoms with E-state index in [0.717, 1.165) is 17.9 Å². The first-order valence-electron chi connectivity index (χ1n) is 11.6. The molecule has 4 aliphatic rings. The van der Waals surface area contributed by atoms with Crippen molar-refractivity contribution >= 4 is 13.1 Å². The molecule has 2 bridgehead atoms. The predicted octanol–water partition coefficient (Wildman–Crippen LogP) is 5.31. The zero-order valence-electron chi connectivity index (χ0n) is 20.3. The number of hydrogen-bond acceptors (Lipinski definition) is 5. The van der Waals surface area contributed by atoms with E-state index in [-0.39, 0.29) is 30.6 Å². The van der Waals surface area contributed by atoms with Gasteiger partial charge in [0, 0.05) is 0 Å². The Morgan fingerprint density at radius 3 is 2.58 bits per heavy atom. The van der Waals surface area contributed by atoms with Gasteiger partial charge >= 0.3 is 13.1 Å². The van der Waals surface area contributed by atoms with Crippen molar-refractivity contribution in [3.05, 3.63) is 29.3 Å². The minimum Gasteiger partial charge on any atom is -0.496 e. The van der Waals surface area contributed by atoms with E-state index in [1.54, 1.807) is 13.2 Å². The molecular weight excluding hydrogens is 391 g/mol. The van der Waals surface area contributed by atoms with Gasteiger partial charge in [-0.05, 0) is 81.7 Å². The van der Waals surface area contributed by atoms with Gasteiger partial charge in [-0.2, -0.15) is 0 Å². The Morgan fingerprint density at radius 1 is 1.26 bits per heavy atom. The standard InChI is InChI=1S/C25H37BO5/c1-15(26-30-20-14-17-13-19(24(17,5)6)25(20,7)31-26)12-16-10-9-11-18(21(16)28-8)22(27)29-23(2,3)4/h9-11,15,17,19-20H,12-14H2,1-8H3/t15-,17+,19+,20-,25+/m1/s1. The molecule has 1 aliphatic heterocycles. The number of para-hydroxylation sites is 1. The Morgan fingerprint density at radius 2 is 1.97 bits per heavy atom. The van der Waals surface area contributed by atoms with Crippen LogP contribution in [0.5, 0.6) is 5.75 Å². The number of hydrogen-bond donors (Lipinski definition) is 0. The summed E-state index contributed by atoms with van der Waals surface area (Å²) in [6.45, 7) is 14.7. The molecule has 6 heteroatoms. The average molecular weight is 428 g/mol. The average Bonchev–Trinajstić information content (AvgIpc) is 3.03. The van der Waals surface area contributed by atoms with Gasteiger partial charge in [0.15, 0.2) is 0 Å². The van der Waals surface area contributed by atoms with Gasteiger partial charge in [0.25, 0.3) is 0 Å². The van der Waals surface area contributed by atoms with E-state index in [4.69, 9.17) is 18.8 Å². The first-order chi connectivity index (χ1) is 14.4. The first kappa shape index (κ1) is 22.7. The molecule has 0 spiro atoms. The lowest BCUT2D eigenvalue weighted by Gasteiger charge is -2.64. The molecule has 5 atom stereocenters. The van der Waals surface area contributed by atoms with Crippen LogP contribution in [0.4, 0.5) is 0 Å². The second-order valence-electron chi connectivity index (χ2n) is 11.5. The van der Waals surface area contributed by atoms with Crippen molar-refractivity contribution in [1.29, 1.82) is 0 Å². The van der Waals surface area contributed by atoms with E-state index in [1.807, 2.05) is 32.9 Å². The van der Waals surface area contributed by atoms with Crippen LogP contribution in [0.2, 0.25) is 5.82 Å². The van der Waals surface area contributed by atoms with Crippen LogP contribution in [0.15, 0.2) is 18.2 Å². The summed E-state index contributed by atoms with van der Waals surface area (Å²) in [4.78, 5) is 12.7. The van der Waals surface area contributed by atoms with Crippen molar-refractivity contribution in [3.8, 4) is 5.75 Å². The molecule has 0 amide bonds. The van der Waals surface area contributed by atoms with Crippen LogP contribution in [0, 0.1) is 17.3 Å². The molecule has 0 N–H and O–H groups in total. The third kappa shape index (κ3) is 3.80. The van der Waals surface area contributed by atoms with Gasteiger partial charge in [0.1, 0.15) is 16.9 Å². The Balaban J connectivity index is 1.50. The van der Waals surface area contributed by atoms with Crippen LogP contribution in [-0.2, 0) is 20.5 Å². The lowest BCUT2D eigenvalue weighted by atomic mass is 9.43. The predicted molar refractivity (Wildman–Crippen MR) is 121 cm³/mol. The first-order valence-corrected chi connectivity index (χ1v) is 11.6. The van der Waals surface area contributed by atoms with E-state index in [9.17, 15) is 4.79 Å². The third-order valence-corrected chi connectivity index (χ3v) is 7.89. The van der Waals surface area contributed by atoms with Crippen LogP contribution < -0.4 is 4.74 Å². The molecule has 170 valence electrons. The Kier molecular flexibility index (Phi) is 5.49. The minimum atomic E-state index is -0.558. The summed E-state index contributed by atoms with van der Waals surface area (Å²) in [6.07, 6.45) is 3.20. The molecule has 1 heterocycles. The molecule has 5 rings (SSSR count). The van der Waals surface area contributed by atoms with Crippen LogP contribution in [0.1, 0.15) is 77.2 Å². The third-order valence-electron chi connectivity index (χ3n) is 7.89. The van der Waals surface area contributed by atoms with Crippen molar-refractivity contribution in [2.24, 2.45) is 17.3 Å². The van der Waals surface area contributed by atoms with E-state index in [2.05, 4.69) is 27.7 Å². The second kappa shape index (κ2) is 7.52. The van der Waals surface area contributed by atoms with Gasteiger partial charge < -0.3 is 18.8 Å². The smallest absolute Gasteiger partial charge is 0.461 e. The number of ether oxygens (including phenoxy) is 2. The van der Waals surface area contributed by atoms with E-state index < -0.39 is 5.60 Å². The molecule has 31 heavy (non-hydrogen) atoms. The largest absolute Gasteiger partial charge is 0.496 e. The number of methoxy groups -OCH3 is 1. The van der Waals surface area contributed by atoms with Gasteiger partial charge in [-0.15, -0.1) is 0 Å². The topological polar surface area (TPSA) is 54.0 Å². The lowest BCUT2D eigenvalue weighted by molar-refractivity contribution is -0.199. The SMILES string of the molecule is COc1c(C[C@@H](C)B2O[C@@H]3C[C@@H]4C[C@@H](C4(C)C)[C@]3(C)O2)cccc1C(=O)OC(C)(C)C. The maximum atomic E-state index is 12.7. The zero-order chi connectivity index (χ0) is 22.8. The highest BCUT2D eigenvalue weighted by Crippen LogP contribution is 2.66. The van der Waals surface area contributed by atoms with E-state index in [0.29, 0.717) is 29.1 Å². The molecule has 3 aliphatic carbocycles. The number of rotatable bonds is 5. The maximum Gasteiger partial charge on any atom is 0.461 e. The van der Waals surface area contributed by atoms with E-state index in [1.165, 1.54) is 6.42 Å². The zero-order valence-corrected chi connectivity index (χ0v) is 20.3. The molecule has 0 radical (unpaired) electrons. The lowest BCUT2D eigenvalue weighted by Crippen LogP contribution is -2.65. The fraction of sp³-hybridized carbons (Fsp3) is 0.720. The molecule has 1 aromatic carbocycles.